The van der Waals surface area contributed by atoms with E-state index in [9.17, 15) is 9.59 Å². The van der Waals surface area contributed by atoms with Crippen molar-refractivity contribution in [1.82, 2.24) is 10.8 Å². The van der Waals surface area contributed by atoms with Crippen molar-refractivity contribution in [1.29, 1.82) is 0 Å². The van der Waals surface area contributed by atoms with Crippen molar-refractivity contribution >= 4 is 22.6 Å². The van der Waals surface area contributed by atoms with Gasteiger partial charge in [-0.05, 0) is 30.7 Å². The molecule has 0 aliphatic carbocycles. The van der Waals surface area contributed by atoms with Gasteiger partial charge in [0.05, 0.1) is 5.57 Å². The number of ether oxygens (including phenoxy) is 1. The van der Waals surface area contributed by atoms with E-state index in [1.807, 2.05) is 48.5 Å². The van der Waals surface area contributed by atoms with Gasteiger partial charge in [0.1, 0.15) is 12.4 Å². The third-order valence-corrected chi connectivity index (χ3v) is 4.02. The Labute approximate surface area is 152 Å². The molecule has 0 saturated heterocycles. The Morgan fingerprint density at radius 2 is 1.88 bits per heavy atom. The van der Waals surface area contributed by atoms with Gasteiger partial charge in [-0.1, -0.05) is 42.5 Å². The average Bonchev–Trinajstić information content (AvgIpc) is 2.69. The summed E-state index contributed by atoms with van der Waals surface area (Å²) in [5.41, 5.74) is 2.15. The minimum Gasteiger partial charge on any atom is -0.488 e. The lowest BCUT2D eigenvalue weighted by molar-refractivity contribution is -0.129. The lowest BCUT2D eigenvalue weighted by atomic mass is 10.1. The van der Waals surface area contributed by atoms with E-state index in [-0.39, 0.29) is 18.9 Å². The number of amides is 2. The van der Waals surface area contributed by atoms with Gasteiger partial charge in [-0.25, -0.2) is 5.48 Å². The van der Waals surface area contributed by atoms with Crippen molar-refractivity contribution in [3.8, 4) is 5.75 Å². The molecule has 6 nitrogen and oxygen atoms in total. The van der Waals surface area contributed by atoms with E-state index in [4.69, 9.17) is 9.94 Å². The Bertz CT molecular complexity index is 781. The maximum atomic E-state index is 12.1. The van der Waals surface area contributed by atoms with E-state index >= 15 is 0 Å². The van der Waals surface area contributed by atoms with Crippen LogP contribution in [-0.2, 0) is 9.59 Å². The Kier molecular flexibility index (Phi) is 7.64. The lowest BCUT2D eigenvalue weighted by Gasteiger charge is -2.11. The molecule has 0 radical (unpaired) electrons. The molecule has 6 heteroatoms. The van der Waals surface area contributed by atoms with E-state index in [1.165, 1.54) is 0 Å². The number of unbranched alkanes of at least 4 members (excludes halogenated alkanes) is 2. The number of benzene rings is 2. The van der Waals surface area contributed by atoms with Crippen LogP contribution in [0.4, 0.5) is 0 Å². The normalized spacial score (nSPS) is 11.2. The van der Waals surface area contributed by atoms with Crippen molar-refractivity contribution in [2.75, 3.05) is 13.7 Å². The smallest absolute Gasteiger partial charge is 0.250 e. The molecule has 0 bridgehead atoms. The SMILES string of the molecule is CNC(=O)/C(=C/CCCCC(=O)NO)COc1cccc2ccccc12. The van der Waals surface area contributed by atoms with Gasteiger partial charge < -0.3 is 10.1 Å². The first-order chi connectivity index (χ1) is 12.7. The second-order valence-corrected chi connectivity index (χ2v) is 5.86. The molecule has 2 aromatic carbocycles. The van der Waals surface area contributed by atoms with Crippen LogP contribution in [0.25, 0.3) is 10.8 Å². The van der Waals surface area contributed by atoms with Crippen molar-refractivity contribution < 1.29 is 19.5 Å². The number of carbonyl (C=O) groups excluding carboxylic acids is 2. The van der Waals surface area contributed by atoms with Crippen LogP contribution in [0, 0.1) is 0 Å². The fourth-order valence-corrected chi connectivity index (χ4v) is 2.62. The number of hydroxylamine groups is 1. The van der Waals surface area contributed by atoms with Crippen LogP contribution < -0.4 is 15.5 Å². The molecular weight excluding hydrogens is 332 g/mol. The Morgan fingerprint density at radius 1 is 1.12 bits per heavy atom. The zero-order valence-electron chi connectivity index (χ0n) is 14.8. The zero-order valence-corrected chi connectivity index (χ0v) is 14.8. The second kappa shape index (κ2) is 10.2. The van der Waals surface area contributed by atoms with Crippen molar-refractivity contribution in [3.63, 3.8) is 0 Å². The first-order valence-corrected chi connectivity index (χ1v) is 8.60. The fraction of sp³-hybridized carbons (Fsp3) is 0.300. The predicted octanol–water partition coefficient (Wildman–Crippen LogP) is 2.96. The number of hydrogen-bond donors (Lipinski definition) is 3. The number of fused-ring (bicyclic) bond motifs is 1. The molecule has 2 aromatic rings. The van der Waals surface area contributed by atoms with Crippen LogP contribution >= 0.6 is 0 Å². The molecule has 0 fully saturated rings. The molecular formula is C20H24N2O4. The van der Waals surface area contributed by atoms with Gasteiger partial charge in [-0.2, -0.15) is 0 Å². The first-order valence-electron chi connectivity index (χ1n) is 8.60. The molecule has 0 heterocycles. The number of hydrogen-bond acceptors (Lipinski definition) is 4. The summed E-state index contributed by atoms with van der Waals surface area (Å²) in [7, 11) is 1.58. The van der Waals surface area contributed by atoms with Crippen molar-refractivity contribution in [2.24, 2.45) is 0 Å². The van der Waals surface area contributed by atoms with Crippen LogP contribution in [0.5, 0.6) is 5.75 Å². The molecule has 0 aliphatic heterocycles. The van der Waals surface area contributed by atoms with Gasteiger partial charge in [0, 0.05) is 18.9 Å². The second-order valence-electron chi connectivity index (χ2n) is 5.86. The monoisotopic (exact) mass is 356 g/mol. The summed E-state index contributed by atoms with van der Waals surface area (Å²) in [4.78, 5) is 23.0. The number of rotatable bonds is 9. The quantitative estimate of drug-likeness (QED) is 0.279. The maximum Gasteiger partial charge on any atom is 0.250 e. The van der Waals surface area contributed by atoms with E-state index in [2.05, 4.69) is 5.32 Å². The standard InChI is InChI=1S/C20H24N2O4/c1-21-20(24)16(9-3-2-4-13-19(23)22-25)14-26-18-12-7-10-15-8-5-6-11-17(15)18/h5-12,25H,2-4,13-14H2,1H3,(H,21,24)(H,22,23)/b16-9+. The molecule has 0 aliphatic rings. The van der Waals surface area contributed by atoms with E-state index in [0.717, 1.165) is 22.9 Å². The van der Waals surface area contributed by atoms with Gasteiger partial charge >= 0.3 is 0 Å². The highest BCUT2D eigenvalue weighted by Gasteiger charge is 2.09. The highest BCUT2D eigenvalue weighted by atomic mass is 16.5. The molecule has 2 rings (SSSR count). The first kappa shape index (κ1) is 19.5. The third kappa shape index (κ3) is 5.60. The van der Waals surface area contributed by atoms with E-state index in [0.29, 0.717) is 18.4 Å². The van der Waals surface area contributed by atoms with Gasteiger partial charge in [0.25, 0.3) is 0 Å². The molecule has 2 amide bonds. The van der Waals surface area contributed by atoms with Crippen molar-refractivity contribution in [3.05, 3.63) is 54.1 Å². The van der Waals surface area contributed by atoms with E-state index in [1.54, 1.807) is 12.5 Å². The number of carbonyl (C=O) groups is 2. The van der Waals surface area contributed by atoms with Gasteiger partial charge in [0.15, 0.2) is 0 Å². The summed E-state index contributed by atoms with van der Waals surface area (Å²) < 4.78 is 5.89. The zero-order chi connectivity index (χ0) is 18.8. The van der Waals surface area contributed by atoms with Gasteiger partial charge in [0.2, 0.25) is 11.8 Å². The van der Waals surface area contributed by atoms with Crippen LogP contribution in [0.2, 0.25) is 0 Å². The summed E-state index contributed by atoms with van der Waals surface area (Å²) in [6.45, 7) is 0.171. The van der Waals surface area contributed by atoms with Crippen LogP contribution in [0.15, 0.2) is 54.1 Å². The largest absolute Gasteiger partial charge is 0.488 e. The summed E-state index contributed by atoms with van der Waals surface area (Å²) in [6.07, 6.45) is 4.11. The average molecular weight is 356 g/mol. The van der Waals surface area contributed by atoms with Gasteiger partial charge in [-0.15, -0.1) is 0 Å². The maximum absolute atomic E-state index is 12.1. The lowest BCUT2D eigenvalue weighted by Crippen LogP contribution is -2.23. The highest BCUT2D eigenvalue weighted by molar-refractivity contribution is 5.93. The van der Waals surface area contributed by atoms with E-state index < -0.39 is 5.91 Å². The summed E-state index contributed by atoms with van der Waals surface area (Å²) >= 11 is 0. The van der Waals surface area contributed by atoms with Crippen LogP contribution in [-0.4, -0.2) is 30.7 Å². The fourth-order valence-electron chi connectivity index (χ4n) is 2.62. The van der Waals surface area contributed by atoms with Crippen LogP contribution in [0.3, 0.4) is 0 Å². The van der Waals surface area contributed by atoms with Crippen molar-refractivity contribution in [2.45, 2.75) is 25.7 Å². The summed E-state index contributed by atoms with van der Waals surface area (Å²) in [6, 6.07) is 13.7. The summed E-state index contributed by atoms with van der Waals surface area (Å²) in [5.74, 6) is 0.149. The molecule has 0 atom stereocenters. The molecule has 0 saturated carbocycles. The highest BCUT2D eigenvalue weighted by Crippen LogP contribution is 2.25. The topological polar surface area (TPSA) is 87.7 Å². The molecule has 0 spiro atoms. The Hall–Kier alpha value is -2.86. The van der Waals surface area contributed by atoms with Crippen LogP contribution in [0.1, 0.15) is 25.7 Å². The number of allylic oxidation sites excluding steroid dienone is 1. The Morgan fingerprint density at radius 3 is 2.65 bits per heavy atom. The third-order valence-electron chi connectivity index (χ3n) is 4.02. The molecule has 26 heavy (non-hydrogen) atoms. The Balaban J connectivity index is 1.98. The minimum atomic E-state index is -0.403. The van der Waals surface area contributed by atoms with Gasteiger partial charge in [-0.3, -0.25) is 14.8 Å². The molecule has 0 unspecified atom stereocenters. The number of likely N-dealkylation sites (N-methyl/N-ethyl adjacent to an activating group) is 1. The summed E-state index contributed by atoms with van der Waals surface area (Å²) in [5, 5.41) is 13.2. The number of nitrogens with one attached hydrogen (secondary N) is 2. The molecule has 138 valence electrons. The molecule has 0 aromatic heterocycles. The predicted molar refractivity (Wildman–Crippen MR) is 100.0 cm³/mol. The minimum absolute atomic E-state index is 0.171. The molecule has 3 N–H and O–H groups in total.